The number of benzene rings is 1. The van der Waals surface area contributed by atoms with Crippen LogP contribution in [-0.4, -0.2) is 0 Å². The van der Waals surface area contributed by atoms with Crippen molar-refractivity contribution in [3.63, 3.8) is 0 Å². The first-order chi connectivity index (χ1) is 4.70. The summed E-state index contributed by atoms with van der Waals surface area (Å²) in [7, 11) is 0. The predicted octanol–water partition coefficient (Wildman–Crippen LogP) is 3.24. The van der Waals surface area contributed by atoms with Gasteiger partial charge in [-0.1, -0.05) is 34.6 Å². The fourth-order valence-electron chi connectivity index (χ4n) is 0.581. The lowest BCUT2D eigenvalue weighted by molar-refractivity contribution is 0.629. The Labute approximate surface area is 69.3 Å². The van der Waals surface area contributed by atoms with Gasteiger partial charge in [-0.05, 0) is 12.1 Å². The molecule has 0 unspecified atom stereocenters. The van der Waals surface area contributed by atoms with E-state index in [0.717, 1.165) is 0 Å². The third kappa shape index (κ3) is 2.09. The second-order valence-corrected chi connectivity index (χ2v) is 5.24. The molecule has 1 aromatic rings. The lowest BCUT2D eigenvalue weighted by atomic mass is 10.4. The number of hydrogen-bond acceptors (Lipinski definition) is 0. The molecule has 0 atom stereocenters. The summed E-state index contributed by atoms with van der Waals surface area (Å²) in [6, 6.07) is 5.99. The molecule has 0 aliphatic heterocycles. The molecule has 4 heteroatoms. The number of hydrogen-bond donors (Lipinski definition) is 0. The Balaban J connectivity index is 2.96. The molecule has 0 bridgehead atoms. The van der Waals surface area contributed by atoms with E-state index in [1.807, 2.05) is 0 Å². The van der Waals surface area contributed by atoms with Gasteiger partial charge in [0, 0.05) is 5.30 Å². The fraction of sp³-hybridized carbons (Fsp3) is 0. The van der Waals surface area contributed by atoms with Gasteiger partial charge in [-0.2, -0.15) is 0 Å². The molecule has 0 aromatic heterocycles. The van der Waals surface area contributed by atoms with Crippen LogP contribution in [0.25, 0.3) is 0 Å². The maximum atomic E-state index is 12.4. The largest absolute Gasteiger partial charge is 0.207 e. The highest BCUT2D eigenvalue weighted by molar-refractivity contribution is 8.08. The second kappa shape index (κ2) is 3.52. The summed E-state index contributed by atoms with van der Waals surface area (Å²) in [5, 5.41) is 0.651. The van der Waals surface area contributed by atoms with Gasteiger partial charge in [0.1, 0.15) is 12.4 Å². The second-order valence-electron chi connectivity index (χ2n) is 1.71. The first-order valence-electron chi connectivity index (χ1n) is 2.57. The lowest BCUT2D eigenvalue weighted by Gasteiger charge is -1.98. The molecule has 0 spiro atoms. The average molecular weight is 197 g/mol. The van der Waals surface area contributed by atoms with Gasteiger partial charge >= 0.3 is 0 Å². The Hall–Kier alpha value is 0.160. The molecule has 0 heterocycles. The van der Waals surface area contributed by atoms with Crippen molar-refractivity contribution in [2.24, 2.45) is 0 Å². The van der Waals surface area contributed by atoms with E-state index >= 15 is 0 Å². The van der Waals surface area contributed by atoms with E-state index in [1.165, 1.54) is 12.1 Å². The highest BCUT2D eigenvalue weighted by atomic mass is 35.9. The van der Waals surface area contributed by atoms with Crippen LogP contribution in [-0.2, 0) is 0 Å². The smallest absolute Gasteiger partial charge is 0.123 e. The van der Waals surface area contributed by atoms with Crippen molar-refractivity contribution >= 4 is 34.4 Å². The Morgan fingerprint density at radius 2 is 2.00 bits per heavy atom. The molecule has 0 aliphatic rings. The van der Waals surface area contributed by atoms with Crippen LogP contribution in [0.4, 0.5) is 4.39 Å². The molecule has 0 nitrogen and oxygen atoms in total. The van der Waals surface area contributed by atoms with Gasteiger partial charge in [0.25, 0.3) is 0 Å². The van der Waals surface area contributed by atoms with Crippen LogP contribution in [0.5, 0.6) is 0 Å². The molecule has 0 N–H and O–H groups in total. The molecular formula is C6H4Cl2FP. The van der Waals surface area contributed by atoms with Crippen molar-refractivity contribution in [1.29, 1.82) is 0 Å². The Morgan fingerprint density at radius 1 is 1.30 bits per heavy atom. The van der Waals surface area contributed by atoms with Crippen molar-refractivity contribution in [1.82, 2.24) is 0 Å². The summed E-state index contributed by atoms with van der Waals surface area (Å²) in [5.41, 5.74) is 0. The van der Waals surface area contributed by atoms with E-state index in [4.69, 9.17) is 22.5 Å². The molecule has 10 heavy (non-hydrogen) atoms. The van der Waals surface area contributed by atoms with Crippen molar-refractivity contribution in [3.05, 3.63) is 30.1 Å². The summed E-state index contributed by atoms with van der Waals surface area (Å²) in [5.74, 6) is -0.300. The van der Waals surface area contributed by atoms with Gasteiger partial charge in [0.05, 0.1) is 0 Å². The van der Waals surface area contributed by atoms with E-state index in [2.05, 4.69) is 0 Å². The molecule has 0 radical (unpaired) electrons. The third-order valence-corrected chi connectivity index (χ3v) is 2.84. The SMILES string of the molecule is Fc1cccc(P(Cl)Cl)c1. The van der Waals surface area contributed by atoms with E-state index in [-0.39, 0.29) is 5.82 Å². The Bertz CT molecular complexity index is 227. The average Bonchev–Trinajstić information content (AvgIpc) is 1.88. The molecular weight excluding hydrogens is 193 g/mol. The van der Waals surface area contributed by atoms with Gasteiger partial charge in [0.2, 0.25) is 0 Å². The first kappa shape index (κ1) is 8.26. The highest BCUT2D eigenvalue weighted by Crippen LogP contribution is 2.45. The van der Waals surface area contributed by atoms with Gasteiger partial charge < -0.3 is 0 Å². The van der Waals surface area contributed by atoms with E-state index in [1.54, 1.807) is 12.1 Å². The quantitative estimate of drug-likeness (QED) is 0.606. The summed E-state index contributed by atoms with van der Waals surface area (Å²) in [6.07, 6.45) is 0. The fourth-order valence-corrected chi connectivity index (χ4v) is 1.63. The van der Waals surface area contributed by atoms with E-state index in [0.29, 0.717) is 5.30 Å². The number of halogens is 3. The zero-order chi connectivity index (χ0) is 7.56. The summed E-state index contributed by atoms with van der Waals surface area (Å²) >= 11 is 11.1. The minimum absolute atomic E-state index is 0.300. The maximum absolute atomic E-state index is 12.4. The maximum Gasteiger partial charge on any atom is 0.123 e. The molecule has 0 saturated carbocycles. The van der Waals surface area contributed by atoms with Crippen LogP contribution in [0, 0.1) is 5.82 Å². The van der Waals surface area contributed by atoms with Crippen LogP contribution in [0.1, 0.15) is 0 Å². The van der Waals surface area contributed by atoms with Crippen LogP contribution >= 0.6 is 29.1 Å². The monoisotopic (exact) mass is 196 g/mol. The van der Waals surface area contributed by atoms with E-state index < -0.39 is 6.63 Å². The van der Waals surface area contributed by atoms with E-state index in [9.17, 15) is 4.39 Å². The van der Waals surface area contributed by atoms with Crippen LogP contribution in [0.15, 0.2) is 24.3 Å². The summed E-state index contributed by atoms with van der Waals surface area (Å²) in [4.78, 5) is 0. The standard InChI is InChI=1S/C6H4Cl2FP/c7-10(8)6-3-1-2-5(9)4-6/h1-4H. The highest BCUT2D eigenvalue weighted by Gasteiger charge is 2.02. The van der Waals surface area contributed by atoms with Crippen molar-refractivity contribution in [2.75, 3.05) is 0 Å². The third-order valence-electron chi connectivity index (χ3n) is 1.00. The zero-order valence-electron chi connectivity index (χ0n) is 4.89. The van der Waals surface area contributed by atoms with Gasteiger partial charge in [-0.3, -0.25) is 0 Å². The van der Waals surface area contributed by atoms with Gasteiger partial charge in [0.15, 0.2) is 0 Å². The van der Waals surface area contributed by atoms with Gasteiger partial charge in [-0.15, -0.1) is 0 Å². The number of rotatable bonds is 1. The first-order valence-corrected chi connectivity index (χ1v) is 5.72. The molecule has 0 fully saturated rings. The predicted molar refractivity (Wildman–Crippen MR) is 44.7 cm³/mol. The molecule has 54 valence electrons. The van der Waals surface area contributed by atoms with Gasteiger partial charge in [-0.25, -0.2) is 4.39 Å². The lowest BCUT2D eigenvalue weighted by Crippen LogP contribution is -1.93. The Kier molecular flexibility index (Phi) is 2.91. The van der Waals surface area contributed by atoms with Crippen LogP contribution in [0.3, 0.4) is 0 Å². The minimum Gasteiger partial charge on any atom is -0.207 e. The van der Waals surface area contributed by atoms with Crippen molar-refractivity contribution in [2.45, 2.75) is 0 Å². The summed E-state index contributed by atoms with van der Waals surface area (Å²) < 4.78 is 12.4. The molecule has 1 aromatic carbocycles. The molecule has 0 amide bonds. The van der Waals surface area contributed by atoms with Crippen LogP contribution < -0.4 is 5.30 Å². The normalized spacial score (nSPS) is 10.4. The van der Waals surface area contributed by atoms with Crippen LogP contribution in [0.2, 0.25) is 0 Å². The minimum atomic E-state index is -1.21. The molecule has 1 rings (SSSR count). The topological polar surface area (TPSA) is 0 Å². The van der Waals surface area contributed by atoms with Crippen molar-refractivity contribution < 1.29 is 4.39 Å². The zero-order valence-corrected chi connectivity index (χ0v) is 7.30. The summed E-state index contributed by atoms with van der Waals surface area (Å²) in [6.45, 7) is -1.21. The van der Waals surface area contributed by atoms with Crippen molar-refractivity contribution in [3.8, 4) is 0 Å². The molecule has 0 aliphatic carbocycles. The Morgan fingerprint density at radius 3 is 2.40 bits per heavy atom. The molecule has 0 saturated heterocycles.